The van der Waals surface area contributed by atoms with Gasteiger partial charge in [-0.1, -0.05) is 35.9 Å². The third kappa shape index (κ3) is 3.08. The number of hydrogen-bond acceptors (Lipinski definition) is 2. The average molecular weight is 384 g/mol. The molecule has 0 bridgehead atoms. The van der Waals surface area contributed by atoms with Crippen LogP contribution in [0.1, 0.15) is 42.7 Å². The quantitative estimate of drug-likeness (QED) is 0.704. The predicted octanol–water partition coefficient (Wildman–Crippen LogP) is 5.32. The van der Waals surface area contributed by atoms with Crippen molar-refractivity contribution < 1.29 is 14.0 Å². The van der Waals surface area contributed by atoms with Crippen LogP contribution >= 0.6 is 11.6 Å². The van der Waals surface area contributed by atoms with Gasteiger partial charge < -0.3 is 0 Å². The number of carbonyl (C=O) groups excluding carboxylic acids is 2. The van der Waals surface area contributed by atoms with E-state index >= 15 is 0 Å². The molecule has 0 spiro atoms. The van der Waals surface area contributed by atoms with Crippen LogP contribution in [0.2, 0.25) is 5.02 Å². The maximum Gasteiger partial charge on any atom is 0.232 e. The molecule has 0 aromatic heterocycles. The van der Waals surface area contributed by atoms with E-state index in [9.17, 15) is 14.0 Å². The summed E-state index contributed by atoms with van der Waals surface area (Å²) < 4.78 is 14.4. The third-order valence-electron chi connectivity index (χ3n) is 5.37. The smallest absolute Gasteiger partial charge is 0.232 e. The number of nitrogens with zero attached hydrogens (tertiary/aromatic N) is 1. The number of anilines is 1. The van der Waals surface area contributed by atoms with E-state index in [0.717, 1.165) is 5.56 Å². The number of hydrogen-bond donors (Lipinski definition) is 0. The molecule has 1 amide bonds. The second-order valence-electron chi connectivity index (χ2n) is 7.08. The highest BCUT2D eigenvalue weighted by atomic mass is 35.5. The molecule has 0 N–H and O–H groups in total. The fourth-order valence-corrected chi connectivity index (χ4v) is 4.21. The minimum Gasteiger partial charge on any atom is -0.294 e. The number of Topliss-reactive ketones (excluding diaryl/α,β-unsaturated/α-hetero) is 1. The summed E-state index contributed by atoms with van der Waals surface area (Å²) in [5.74, 6) is -1.05. The van der Waals surface area contributed by atoms with Crippen molar-refractivity contribution in [2.75, 3.05) is 4.90 Å². The van der Waals surface area contributed by atoms with Crippen LogP contribution in [0.4, 0.5) is 10.1 Å². The first-order chi connectivity index (χ1) is 13.0. The van der Waals surface area contributed by atoms with E-state index in [1.165, 1.54) is 6.07 Å². The maximum absolute atomic E-state index is 14.4. The Hall–Kier alpha value is -2.46. The highest BCUT2D eigenvalue weighted by Gasteiger charge is 2.40. The van der Waals surface area contributed by atoms with Gasteiger partial charge in [-0.15, -0.1) is 0 Å². The molecule has 1 unspecified atom stereocenters. The van der Waals surface area contributed by atoms with Gasteiger partial charge in [-0.2, -0.15) is 0 Å². The van der Waals surface area contributed by atoms with Crippen molar-refractivity contribution in [2.45, 2.75) is 38.5 Å². The van der Waals surface area contributed by atoms with Gasteiger partial charge in [0, 0.05) is 35.1 Å². The van der Waals surface area contributed by atoms with Crippen LogP contribution in [-0.2, 0) is 9.59 Å². The lowest BCUT2D eigenvalue weighted by molar-refractivity contribution is -0.119. The van der Waals surface area contributed by atoms with Gasteiger partial charge in [-0.25, -0.2) is 4.39 Å². The van der Waals surface area contributed by atoms with Crippen molar-refractivity contribution in [1.82, 2.24) is 0 Å². The molecule has 1 aliphatic carbocycles. The molecule has 138 valence electrons. The Morgan fingerprint density at radius 2 is 1.89 bits per heavy atom. The van der Waals surface area contributed by atoms with Gasteiger partial charge in [0.25, 0.3) is 0 Å². The van der Waals surface area contributed by atoms with Crippen molar-refractivity contribution in [1.29, 1.82) is 0 Å². The van der Waals surface area contributed by atoms with Crippen LogP contribution < -0.4 is 4.90 Å². The van der Waals surface area contributed by atoms with Crippen molar-refractivity contribution in [2.24, 2.45) is 0 Å². The zero-order chi connectivity index (χ0) is 19.1. The highest BCUT2D eigenvalue weighted by Crippen LogP contribution is 2.44. The molecule has 2 aliphatic rings. The first kappa shape index (κ1) is 17.9. The van der Waals surface area contributed by atoms with E-state index in [2.05, 4.69) is 0 Å². The number of amides is 1. The molecule has 1 atom stereocenters. The summed E-state index contributed by atoms with van der Waals surface area (Å²) >= 11 is 6.26. The van der Waals surface area contributed by atoms with Gasteiger partial charge in [0.2, 0.25) is 5.91 Å². The summed E-state index contributed by atoms with van der Waals surface area (Å²) in [7, 11) is 0. The molecule has 5 heteroatoms. The van der Waals surface area contributed by atoms with Crippen LogP contribution in [0.3, 0.4) is 0 Å². The molecule has 1 heterocycles. The fraction of sp³-hybridized carbons (Fsp3) is 0.273. The first-order valence-electron chi connectivity index (χ1n) is 9.07. The fourth-order valence-electron chi connectivity index (χ4n) is 4.04. The second-order valence-corrected chi connectivity index (χ2v) is 7.49. The van der Waals surface area contributed by atoms with Crippen LogP contribution in [0.25, 0.3) is 0 Å². The largest absolute Gasteiger partial charge is 0.294 e. The number of carbonyl (C=O) groups is 2. The monoisotopic (exact) mass is 383 g/mol. The summed E-state index contributed by atoms with van der Waals surface area (Å²) in [6, 6.07) is 11.8. The molecule has 0 saturated carbocycles. The van der Waals surface area contributed by atoms with E-state index in [1.54, 1.807) is 29.2 Å². The Morgan fingerprint density at radius 1 is 1.11 bits per heavy atom. The standard InChI is InChI=1S/C22H19ClFNO2/c1-13-9-10-14(11-17(13)23)25-19-7-4-8-20(26)22(19)16(12-21(25)27)15-5-2-3-6-18(15)24/h2-3,5-6,9-11,16H,4,7-8,12H2,1H3. The summed E-state index contributed by atoms with van der Waals surface area (Å²) in [4.78, 5) is 27.5. The van der Waals surface area contributed by atoms with Crippen molar-refractivity contribution in [3.8, 4) is 0 Å². The van der Waals surface area contributed by atoms with Gasteiger partial charge >= 0.3 is 0 Å². The first-order valence-corrected chi connectivity index (χ1v) is 9.45. The second kappa shape index (κ2) is 6.93. The van der Waals surface area contributed by atoms with Crippen LogP contribution in [0, 0.1) is 12.7 Å². The number of allylic oxidation sites excluding steroid dienone is 2. The molecule has 0 radical (unpaired) electrons. The van der Waals surface area contributed by atoms with Gasteiger partial charge in [-0.3, -0.25) is 14.5 Å². The molecule has 27 heavy (non-hydrogen) atoms. The van der Waals surface area contributed by atoms with E-state index in [-0.39, 0.29) is 23.9 Å². The van der Waals surface area contributed by atoms with Crippen LogP contribution in [0.15, 0.2) is 53.7 Å². The van der Waals surface area contributed by atoms with E-state index < -0.39 is 5.92 Å². The Morgan fingerprint density at radius 3 is 2.63 bits per heavy atom. The minimum absolute atomic E-state index is 0.000196. The molecular formula is C22H19ClFNO2. The van der Waals surface area contributed by atoms with Crippen LogP contribution in [0.5, 0.6) is 0 Å². The lowest BCUT2D eigenvalue weighted by Crippen LogP contribution is -2.40. The van der Waals surface area contributed by atoms with E-state index in [0.29, 0.717) is 46.8 Å². The lowest BCUT2D eigenvalue weighted by atomic mass is 9.77. The number of benzene rings is 2. The zero-order valence-corrected chi connectivity index (χ0v) is 15.7. The summed E-state index contributed by atoms with van der Waals surface area (Å²) in [5.41, 5.74) is 3.25. The Bertz CT molecular complexity index is 982. The normalized spacial score (nSPS) is 20.1. The predicted molar refractivity (Wildman–Crippen MR) is 103 cm³/mol. The number of ketones is 1. The van der Waals surface area contributed by atoms with Gasteiger partial charge in [-0.05, 0) is 49.1 Å². The number of rotatable bonds is 2. The van der Waals surface area contributed by atoms with Crippen molar-refractivity contribution in [3.63, 3.8) is 0 Å². The molecule has 0 fully saturated rings. The zero-order valence-electron chi connectivity index (χ0n) is 15.0. The molecule has 0 saturated heterocycles. The topological polar surface area (TPSA) is 37.4 Å². The minimum atomic E-state index is -0.529. The lowest BCUT2D eigenvalue weighted by Gasteiger charge is -2.38. The van der Waals surface area contributed by atoms with Crippen LogP contribution in [-0.4, -0.2) is 11.7 Å². The van der Waals surface area contributed by atoms with E-state index in [1.807, 2.05) is 19.1 Å². The molecule has 2 aromatic rings. The average Bonchev–Trinajstić information content (AvgIpc) is 2.64. The Balaban J connectivity index is 1.88. The summed E-state index contributed by atoms with van der Waals surface area (Å²) in [6.45, 7) is 1.90. The summed E-state index contributed by atoms with van der Waals surface area (Å²) in [5, 5.41) is 0.570. The molecule has 1 aliphatic heterocycles. The van der Waals surface area contributed by atoms with E-state index in [4.69, 9.17) is 11.6 Å². The number of aryl methyl sites for hydroxylation is 1. The SMILES string of the molecule is Cc1ccc(N2C(=O)CC(c3ccccc3F)C3=C2CCCC3=O)cc1Cl. The maximum atomic E-state index is 14.4. The van der Waals surface area contributed by atoms with Crippen molar-refractivity contribution >= 4 is 29.0 Å². The summed E-state index contributed by atoms with van der Waals surface area (Å²) in [6.07, 6.45) is 1.80. The van der Waals surface area contributed by atoms with Gasteiger partial charge in [0.05, 0.1) is 5.69 Å². The third-order valence-corrected chi connectivity index (χ3v) is 5.78. The van der Waals surface area contributed by atoms with Gasteiger partial charge in [0.1, 0.15) is 5.82 Å². The molecule has 4 rings (SSSR count). The number of halogens is 2. The molecule has 3 nitrogen and oxygen atoms in total. The Labute approximate surface area is 162 Å². The highest BCUT2D eigenvalue weighted by molar-refractivity contribution is 6.31. The Kier molecular flexibility index (Phi) is 4.60. The molecule has 2 aromatic carbocycles. The van der Waals surface area contributed by atoms with Gasteiger partial charge in [0.15, 0.2) is 5.78 Å². The van der Waals surface area contributed by atoms with Crippen molar-refractivity contribution in [3.05, 3.63) is 75.7 Å². The molecular weight excluding hydrogens is 365 g/mol.